The number of aryl methyl sites for hydroxylation is 1. The van der Waals surface area contributed by atoms with E-state index >= 15 is 0 Å². The molecule has 0 amide bonds. The number of unbranched alkanes of at least 4 members (excludes halogenated alkanes) is 3. The van der Waals surface area contributed by atoms with Crippen molar-refractivity contribution in [3.8, 4) is 17.2 Å². The van der Waals surface area contributed by atoms with Crippen molar-refractivity contribution >= 4 is 10.9 Å². The van der Waals surface area contributed by atoms with Crippen LogP contribution in [0.1, 0.15) is 92.9 Å². The molecule has 0 saturated carbocycles. The molecule has 0 bridgehead atoms. The second-order valence-corrected chi connectivity index (χ2v) is 9.73. The van der Waals surface area contributed by atoms with E-state index in [2.05, 4.69) is 53.7 Å². The van der Waals surface area contributed by atoms with Crippen molar-refractivity contribution in [2.24, 2.45) is 0 Å². The fraction of sp³-hybridized carbons (Fsp3) is 0.581. The van der Waals surface area contributed by atoms with Crippen LogP contribution in [0.3, 0.4) is 0 Å². The molecule has 36 heavy (non-hydrogen) atoms. The minimum absolute atomic E-state index is 0.135. The van der Waals surface area contributed by atoms with Crippen molar-refractivity contribution in [1.82, 2.24) is 4.57 Å². The molecule has 200 valence electrons. The third kappa shape index (κ3) is 9.07. The van der Waals surface area contributed by atoms with Gasteiger partial charge in [-0.05, 0) is 71.1 Å². The highest BCUT2D eigenvalue weighted by atomic mass is 16.5. The van der Waals surface area contributed by atoms with Crippen LogP contribution in [0.5, 0.6) is 17.2 Å². The first kappa shape index (κ1) is 29.5. The van der Waals surface area contributed by atoms with E-state index in [4.69, 9.17) is 14.2 Å². The van der Waals surface area contributed by atoms with Crippen LogP contribution in [0.2, 0.25) is 0 Å². The van der Waals surface area contributed by atoms with Crippen molar-refractivity contribution in [3.05, 3.63) is 51.9 Å². The van der Waals surface area contributed by atoms with Crippen LogP contribution in [0.25, 0.3) is 10.9 Å². The monoisotopic (exact) mass is 497 g/mol. The molecule has 2 rings (SSSR count). The molecule has 1 heterocycles. The van der Waals surface area contributed by atoms with Crippen LogP contribution in [0.4, 0.5) is 0 Å². The summed E-state index contributed by atoms with van der Waals surface area (Å²) in [6.07, 6.45) is 12.2. The van der Waals surface area contributed by atoms with E-state index in [1.807, 2.05) is 22.8 Å². The molecule has 0 saturated heterocycles. The lowest BCUT2D eigenvalue weighted by atomic mass is 10.1. The molecular weight excluding hydrogens is 450 g/mol. The Balaban J connectivity index is 2.47. The van der Waals surface area contributed by atoms with Gasteiger partial charge in [0.2, 0.25) is 5.75 Å². The topological polar surface area (TPSA) is 49.7 Å². The Morgan fingerprint density at radius 1 is 0.861 bits per heavy atom. The Morgan fingerprint density at radius 2 is 1.56 bits per heavy atom. The number of aromatic nitrogens is 1. The van der Waals surface area contributed by atoms with E-state index in [1.54, 1.807) is 0 Å². The second kappa shape index (κ2) is 16.1. The first-order valence-corrected chi connectivity index (χ1v) is 13.8. The number of pyridine rings is 1. The smallest absolute Gasteiger partial charge is 0.297 e. The molecule has 0 unspecified atom stereocenters. The van der Waals surface area contributed by atoms with Gasteiger partial charge in [-0.1, -0.05) is 57.3 Å². The van der Waals surface area contributed by atoms with E-state index in [-0.39, 0.29) is 5.56 Å². The minimum atomic E-state index is -0.135. The quantitative estimate of drug-likeness (QED) is 0.163. The van der Waals surface area contributed by atoms with Crippen LogP contribution >= 0.6 is 0 Å². The average molecular weight is 498 g/mol. The normalized spacial score (nSPS) is 11.6. The Bertz CT molecular complexity index is 1060. The van der Waals surface area contributed by atoms with Gasteiger partial charge in [0.15, 0.2) is 5.75 Å². The molecule has 0 atom stereocenters. The van der Waals surface area contributed by atoms with E-state index in [1.165, 1.54) is 11.1 Å². The van der Waals surface area contributed by atoms with Crippen molar-refractivity contribution in [2.75, 3.05) is 19.8 Å². The maximum atomic E-state index is 13.7. The van der Waals surface area contributed by atoms with Gasteiger partial charge in [-0.2, -0.15) is 0 Å². The number of hydrogen-bond acceptors (Lipinski definition) is 4. The fourth-order valence-corrected chi connectivity index (χ4v) is 3.89. The third-order valence-corrected chi connectivity index (χ3v) is 6.15. The maximum Gasteiger partial charge on any atom is 0.297 e. The molecule has 0 spiro atoms. The zero-order valence-corrected chi connectivity index (χ0v) is 23.5. The summed E-state index contributed by atoms with van der Waals surface area (Å²) in [5.74, 6) is 1.64. The molecule has 0 aliphatic rings. The first-order valence-electron chi connectivity index (χ1n) is 13.8. The number of ether oxygens (including phenoxy) is 3. The molecule has 0 N–H and O–H groups in total. The first-order chi connectivity index (χ1) is 17.4. The standard InChI is InChI=1S/C31H47NO4/c1-7-10-19-32-28-23-26(34-20-11-8-2)16-17-27(28)29(35-21-12-9-3)30(31(32)33)36-22-18-25(6)15-13-14-24(4)5/h14,16-18,23H,7-13,15,19-22H2,1-6H3/b25-18+. The summed E-state index contributed by atoms with van der Waals surface area (Å²) in [4.78, 5) is 13.7. The minimum Gasteiger partial charge on any atom is -0.494 e. The summed E-state index contributed by atoms with van der Waals surface area (Å²) in [5.41, 5.74) is 3.29. The third-order valence-electron chi connectivity index (χ3n) is 6.15. The van der Waals surface area contributed by atoms with Gasteiger partial charge in [-0.3, -0.25) is 4.79 Å². The van der Waals surface area contributed by atoms with Gasteiger partial charge in [0.05, 0.1) is 18.7 Å². The molecule has 2 aromatic rings. The SMILES string of the molecule is CCCCOc1ccc2c(OCCCC)c(OC/C=C(\C)CCC=C(C)C)c(=O)n(CCCC)c2c1. The highest BCUT2D eigenvalue weighted by Crippen LogP contribution is 2.35. The van der Waals surface area contributed by atoms with Gasteiger partial charge in [0.25, 0.3) is 5.56 Å². The van der Waals surface area contributed by atoms with Gasteiger partial charge >= 0.3 is 0 Å². The van der Waals surface area contributed by atoms with Gasteiger partial charge in [0, 0.05) is 18.0 Å². The van der Waals surface area contributed by atoms with Crippen LogP contribution in [0.15, 0.2) is 46.3 Å². The zero-order chi connectivity index (χ0) is 26.3. The van der Waals surface area contributed by atoms with Crippen LogP contribution in [-0.2, 0) is 6.54 Å². The lowest BCUT2D eigenvalue weighted by Gasteiger charge is -2.19. The zero-order valence-electron chi connectivity index (χ0n) is 23.5. The van der Waals surface area contributed by atoms with Crippen molar-refractivity contribution in [3.63, 3.8) is 0 Å². The van der Waals surface area contributed by atoms with E-state index in [0.29, 0.717) is 37.9 Å². The van der Waals surface area contributed by atoms with Crippen molar-refractivity contribution in [1.29, 1.82) is 0 Å². The Morgan fingerprint density at radius 3 is 2.22 bits per heavy atom. The fourth-order valence-electron chi connectivity index (χ4n) is 3.89. The highest BCUT2D eigenvalue weighted by Gasteiger charge is 2.20. The predicted octanol–water partition coefficient (Wildman–Crippen LogP) is 8.23. The second-order valence-electron chi connectivity index (χ2n) is 9.73. The molecule has 0 aliphatic carbocycles. The molecule has 0 radical (unpaired) electrons. The summed E-state index contributed by atoms with van der Waals surface area (Å²) in [6, 6.07) is 5.95. The van der Waals surface area contributed by atoms with Gasteiger partial charge in [-0.25, -0.2) is 0 Å². The molecule has 1 aromatic heterocycles. The molecule has 5 nitrogen and oxygen atoms in total. The molecule has 0 fully saturated rings. The number of rotatable bonds is 17. The van der Waals surface area contributed by atoms with Gasteiger partial charge < -0.3 is 18.8 Å². The van der Waals surface area contributed by atoms with Crippen LogP contribution < -0.4 is 19.8 Å². The summed E-state index contributed by atoms with van der Waals surface area (Å²) in [6.45, 7) is 14.9. The number of hydrogen-bond donors (Lipinski definition) is 0. The van der Waals surface area contributed by atoms with Gasteiger partial charge in [0.1, 0.15) is 12.4 Å². The molecule has 5 heteroatoms. The molecular formula is C31H47NO4. The molecule has 1 aromatic carbocycles. The largest absolute Gasteiger partial charge is 0.494 e. The van der Waals surface area contributed by atoms with E-state index < -0.39 is 0 Å². The Labute approximate surface area is 218 Å². The lowest BCUT2D eigenvalue weighted by molar-refractivity contribution is 0.277. The Kier molecular flexibility index (Phi) is 13.2. The summed E-state index contributed by atoms with van der Waals surface area (Å²) >= 11 is 0. The van der Waals surface area contributed by atoms with Crippen molar-refractivity contribution in [2.45, 2.75) is 99.5 Å². The Hall–Kier alpha value is -2.69. The predicted molar refractivity (Wildman–Crippen MR) is 152 cm³/mol. The van der Waals surface area contributed by atoms with Gasteiger partial charge in [-0.15, -0.1) is 0 Å². The number of nitrogens with zero attached hydrogens (tertiary/aromatic N) is 1. The number of fused-ring (bicyclic) bond motifs is 1. The summed E-state index contributed by atoms with van der Waals surface area (Å²) in [7, 11) is 0. The summed E-state index contributed by atoms with van der Waals surface area (Å²) in [5, 5.41) is 0.893. The highest BCUT2D eigenvalue weighted by molar-refractivity contribution is 5.89. The lowest BCUT2D eigenvalue weighted by Crippen LogP contribution is -2.24. The van der Waals surface area contributed by atoms with E-state index in [9.17, 15) is 4.79 Å². The molecule has 0 aliphatic heterocycles. The van der Waals surface area contributed by atoms with E-state index in [0.717, 1.165) is 68.0 Å². The average Bonchev–Trinajstić information content (AvgIpc) is 2.85. The number of benzene rings is 1. The van der Waals surface area contributed by atoms with Crippen molar-refractivity contribution < 1.29 is 14.2 Å². The maximum absolute atomic E-state index is 13.7. The van der Waals surface area contributed by atoms with Crippen LogP contribution in [0, 0.1) is 0 Å². The van der Waals surface area contributed by atoms with Crippen LogP contribution in [-0.4, -0.2) is 24.4 Å². The number of allylic oxidation sites excluding steroid dienone is 3. The summed E-state index contributed by atoms with van der Waals surface area (Å²) < 4.78 is 20.2.